The second-order valence-corrected chi connectivity index (χ2v) is 4.75. The lowest BCUT2D eigenvalue weighted by Crippen LogP contribution is -2.21. The second-order valence-electron chi connectivity index (χ2n) is 3.64. The van der Waals surface area contributed by atoms with Gasteiger partial charge in [0.25, 0.3) is 0 Å². The minimum Gasteiger partial charge on any atom is -0.468 e. The van der Waals surface area contributed by atoms with E-state index in [0.29, 0.717) is 11.0 Å². The highest BCUT2D eigenvalue weighted by atomic mass is 79.9. The molecule has 1 heterocycles. The number of alkyl halides is 1. The molecule has 0 saturated carbocycles. The Hall–Kier alpha value is -1.50. The molecule has 0 fully saturated rings. The minimum atomic E-state index is -0.951. The Bertz CT molecular complexity index is 600. The molecule has 1 aromatic heterocycles. The molecule has 0 aliphatic carbocycles. The molecule has 1 aromatic carbocycles. The molecule has 0 saturated heterocycles. The molecule has 7 heteroatoms. The Kier molecular flexibility index (Phi) is 3.60. The number of benzene rings is 1. The van der Waals surface area contributed by atoms with Crippen LogP contribution in [0.4, 0.5) is 8.78 Å². The summed E-state index contributed by atoms with van der Waals surface area (Å²) < 4.78 is 32.3. The van der Waals surface area contributed by atoms with E-state index in [-0.39, 0.29) is 6.54 Å². The van der Waals surface area contributed by atoms with Gasteiger partial charge in [-0.05, 0) is 0 Å². The van der Waals surface area contributed by atoms with Crippen molar-refractivity contribution in [2.75, 3.05) is 7.11 Å². The molecule has 4 nitrogen and oxygen atoms in total. The quantitative estimate of drug-likeness (QED) is 0.644. The van der Waals surface area contributed by atoms with E-state index in [0.717, 1.165) is 12.1 Å². The zero-order valence-electron chi connectivity index (χ0n) is 9.36. The number of halogens is 3. The first-order valence-corrected chi connectivity index (χ1v) is 5.96. The van der Waals surface area contributed by atoms with Gasteiger partial charge in [0.2, 0.25) is 0 Å². The molecule has 0 aliphatic rings. The molecule has 0 aliphatic heterocycles. The van der Waals surface area contributed by atoms with Crippen molar-refractivity contribution < 1.29 is 18.3 Å². The lowest BCUT2D eigenvalue weighted by atomic mass is 10.3. The third-order valence-electron chi connectivity index (χ3n) is 2.48. The molecule has 2 aromatic rings. The van der Waals surface area contributed by atoms with Crippen molar-refractivity contribution in [3.63, 3.8) is 0 Å². The molecule has 0 N–H and O–H groups in total. The second kappa shape index (κ2) is 5.01. The third kappa shape index (κ3) is 2.35. The first kappa shape index (κ1) is 12.9. The Labute approximate surface area is 110 Å². The van der Waals surface area contributed by atoms with Gasteiger partial charge >= 0.3 is 5.97 Å². The van der Waals surface area contributed by atoms with E-state index in [9.17, 15) is 13.6 Å². The third-order valence-corrected chi connectivity index (χ3v) is 3.14. The van der Waals surface area contributed by atoms with E-state index in [1.54, 1.807) is 4.57 Å². The summed E-state index contributed by atoms with van der Waals surface area (Å²) in [6.07, 6.45) is 1.42. The van der Waals surface area contributed by atoms with Crippen LogP contribution in [0.5, 0.6) is 0 Å². The number of ether oxygens (including phenoxy) is 1. The van der Waals surface area contributed by atoms with Gasteiger partial charge in [0.1, 0.15) is 4.83 Å². The summed E-state index contributed by atoms with van der Waals surface area (Å²) in [6, 6.07) is 2.07. The zero-order valence-corrected chi connectivity index (χ0v) is 10.9. The predicted molar refractivity (Wildman–Crippen MR) is 64.4 cm³/mol. The highest BCUT2D eigenvalue weighted by Crippen LogP contribution is 2.19. The summed E-state index contributed by atoms with van der Waals surface area (Å²) in [5.41, 5.74) is 0.751. The number of aromatic nitrogens is 2. The van der Waals surface area contributed by atoms with Gasteiger partial charge in [0, 0.05) is 18.7 Å². The molecule has 0 radical (unpaired) electrons. The summed E-state index contributed by atoms with van der Waals surface area (Å²) in [6.45, 7) is 0.217. The van der Waals surface area contributed by atoms with Crippen LogP contribution in [0.3, 0.4) is 0 Å². The van der Waals surface area contributed by atoms with E-state index in [1.807, 2.05) is 0 Å². The van der Waals surface area contributed by atoms with Gasteiger partial charge in [-0.3, -0.25) is 4.79 Å². The summed E-state index contributed by atoms with van der Waals surface area (Å²) in [7, 11) is 1.28. The zero-order chi connectivity index (χ0) is 13.3. The van der Waals surface area contributed by atoms with Crippen LogP contribution in [0.25, 0.3) is 11.0 Å². The highest BCUT2D eigenvalue weighted by Gasteiger charge is 2.17. The maximum atomic E-state index is 13.1. The number of hydrogen-bond acceptors (Lipinski definition) is 3. The number of fused-ring (bicyclic) bond motifs is 1. The maximum Gasteiger partial charge on any atom is 0.321 e. The first-order valence-electron chi connectivity index (χ1n) is 5.04. The minimum absolute atomic E-state index is 0.217. The van der Waals surface area contributed by atoms with Crippen LogP contribution in [0, 0.1) is 11.6 Å². The predicted octanol–water partition coefficient (Wildman–Crippen LogP) is 2.25. The lowest BCUT2D eigenvalue weighted by Gasteiger charge is -2.09. The average molecular weight is 319 g/mol. The monoisotopic (exact) mass is 318 g/mol. The van der Waals surface area contributed by atoms with Crippen molar-refractivity contribution >= 4 is 32.9 Å². The number of hydrogen-bond donors (Lipinski definition) is 0. The molecule has 96 valence electrons. The van der Waals surface area contributed by atoms with Crippen molar-refractivity contribution in [3.05, 3.63) is 30.1 Å². The normalized spacial score (nSPS) is 12.7. The van der Waals surface area contributed by atoms with E-state index in [1.165, 1.54) is 13.4 Å². The Morgan fingerprint density at radius 3 is 2.83 bits per heavy atom. The molecular formula is C11H9BrF2N2O2. The standard InChI is InChI=1S/C11H9BrF2N2O2/c1-18-11(17)6(12)4-16-5-15-9-2-7(13)8(14)3-10(9)16/h2-3,5-6H,4H2,1H3. The summed E-state index contributed by atoms with van der Waals surface area (Å²) in [5.74, 6) is -2.34. The highest BCUT2D eigenvalue weighted by molar-refractivity contribution is 9.10. The number of imidazole rings is 1. The van der Waals surface area contributed by atoms with Gasteiger partial charge < -0.3 is 9.30 Å². The van der Waals surface area contributed by atoms with Crippen LogP contribution in [-0.4, -0.2) is 27.5 Å². The Morgan fingerprint density at radius 2 is 2.17 bits per heavy atom. The van der Waals surface area contributed by atoms with Crippen molar-refractivity contribution in [3.8, 4) is 0 Å². The van der Waals surface area contributed by atoms with Gasteiger partial charge in [-0.15, -0.1) is 0 Å². The number of esters is 1. The summed E-state index contributed by atoms with van der Waals surface area (Å²) >= 11 is 3.15. The molecule has 2 rings (SSSR count). The summed E-state index contributed by atoms with van der Waals surface area (Å²) in [4.78, 5) is 14.6. The fourth-order valence-corrected chi connectivity index (χ4v) is 2.07. The maximum absolute atomic E-state index is 13.1. The lowest BCUT2D eigenvalue weighted by molar-refractivity contribution is -0.140. The smallest absolute Gasteiger partial charge is 0.321 e. The SMILES string of the molecule is COC(=O)C(Br)Cn1cnc2cc(F)c(F)cc21. The Morgan fingerprint density at radius 1 is 1.50 bits per heavy atom. The molecule has 18 heavy (non-hydrogen) atoms. The van der Waals surface area contributed by atoms with E-state index < -0.39 is 22.4 Å². The fraction of sp³-hybridized carbons (Fsp3) is 0.273. The number of methoxy groups -OCH3 is 1. The molecular weight excluding hydrogens is 310 g/mol. The van der Waals surface area contributed by atoms with Gasteiger partial charge in [0.15, 0.2) is 11.6 Å². The van der Waals surface area contributed by atoms with E-state index in [2.05, 4.69) is 25.7 Å². The average Bonchev–Trinajstić information content (AvgIpc) is 2.71. The molecule has 0 amide bonds. The number of rotatable bonds is 3. The first-order chi connectivity index (χ1) is 8.52. The van der Waals surface area contributed by atoms with Gasteiger partial charge in [-0.2, -0.15) is 0 Å². The van der Waals surface area contributed by atoms with Crippen molar-refractivity contribution in [2.24, 2.45) is 0 Å². The molecule has 0 bridgehead atoms. The van der Waals surface area contributed by atoms with Crippen molar-refractivity contribution in [1.82, 2.24) is 9.55 Å². The van der Waals surface area contributed by atoms with Gasteiger partial charge in [0.05, 0.1) is 24.5 Å². The van der Waals surface area contributed by atoms with Crippen LogP contribution in [-0.2, 0) is 16.1 Å². The fourth-order valence-electron chi connectivity index (χ4n) is 1.57. The largest absolute Gasteiger partial charge is 0.468 e. The topological polar surface area (TPSA) is 44.1 Å². The van der Waals surface area contributed by atoms with Crippen LogP contribution < -0.4 is 0 Å². The van der Waals surface area contributed by atoms with E-state index in [4.69, 9.17) is 0 Å². The van der Waals surface area contributed by atoms with Crippen LogP contribution in [0.15, 0.2) is 18.5 Å². The van der Waals surface area contributed by atoms with E-state index >= 15 is 0 Å². The number of carbonyl (C=O) groups excluding carboxylic acids is 1. The van der Waals surface area contributed by atoms with Gasteiger partial charge in [-0.25, -0.2) is 13.8 Å². The van der Waals surface area contributed by atoms with Crippen LogP contribution >= 0.6 is 15.9 Å². The number of nitrogens with zero attached hydrogens (tertiary/aromatic N) is 2. The van der Waals surface area contributed by atoms with Crippen LogP contribution in [0.1, 0.15) is 0 Å². The number of carbonyl (C=O) groups is 1. The van der Waals surface area contributed by atoms with Crippen molar-refractivity contribution in [1.29, 1.82) is 0 Å². The summed E-state index contributed by atoms with van der Waals surface area (Å²) in [5, 5.41) is 0. The molecule has 1 unspecified atom stereocenters. The molecule has 0 spiro atoms. The molecule has 1 atom stereocenters. The van der Waals surface area contributed by atoms with Crippen molar-refractivity contribution in [2.45, 2.75) is 11.4 Å². The Balaban J connectivity index is 2.35. The van der Waals surface area contributed by atoms with Gasteiger partial charge in [-0.1, -0.05) is 15.9 Å². The van der Waals surface area contributed by atoms with Crippen LogP contribution in [0.2, 0.25) is 0 Å².